The lowest BCUT2D eigenvalue weighted by atomic mass is 9.91. The Morgan fingerprint density at radius 3 is 1.81 bits per heavy atom. The number of fused-ring (bicyclic) bond motifs is 6. The van der Waals surface area contributed by atoms with Gasteiger partial charge in [-0.15, -0.1) is 0 Å². The number of hydrogen-bond acceptors (Lipinski definition) is 19. The minimum Gasteiger partial charge on any atom is -0.478 e. The molecule has 0 saturated carbocycles. The van der Waals surface area contributed by atoms with E-state index in [1.807, 2.05) is 26.8 Å². The summed E-state index contributed by atoms with van der Waals surface area (Å²) in [6.07, 6.45) is 1.39. The first kappa shape index (κ1) is 69.2. The lowest BCUT2D eigenvalue weighted by molar-refractivity contribution is -0.162. The van der Waals surface area contributed by atoms with Gasteiger partial charge in [-0.25, -0.2) is 14.4 Å². The molecule has 0 bridgehead atoms. The maximum absolute atomic E-state index is 11.8. The summed E-state index contributed by atoms with van der Waals surface area (Å²) in [5.74, 6) is -4.54. The molecule has 9 rings (SSSR count). The number of esters is 5. The number of carbonyl (C=O) groups excluding carboxylic acids is 9. The summed E-state index contributed by atoms with van der Waals surface area (Å²) < 4.78 is 29.8. The van der Waals surface area contributed by atoms with Crippen molar-refractivity contribution in [2.75, 3.05) is 64.6 Å². The first-order chi connectivity index (χ1) is 42.0. The molecule has 4 amide bonds. The van der Waals surface area contributed by atoms with Crippen molar-refractivity contribution in [3.8, 4) is 6.07 Å². The van der Waals surface area contributed by atoms with Crippen molar-refractivity contribution in [2.24, 2.45) is 34.7 Å². The van der Waals surface area contributed by atoms with E-state index in [1.165, 1.54) is 6.07 Å². The van der Waals surface area contributed by atoms with Gasteiger partial charge in [0.1, 0.15) is 22.9 Å². The van der Waals surface area contributed by atoms with Gasteiger partial charge >= 0.3 is 35.8 Å². The van der Waals surface area contributed by atoms with E-state index in [1.54, 1.807) is 96.1 Å². The van der Waals surface area contributed by atoms with Gasteiger partial charge in [-0.2, -0.15) is 10.4 Å². The van der Waals surface area contributed by atoms with Gasteiger partial charge in [-0.05, 0) is 132 Å². The number of carboxylic acid groups (broad SMARTS) is 1. The monoisotopic (exact) mass is 1220 g/mol. The number of benzene rings is 3. The minimum atomic E-state index is -0.991. The molecule has 2 fully saturated rings. The lowest BCUT2D eigenvalue weighted by Crippen LogP contribution is -2.44. The van der Waals surface area contributed by atoms with Gasteiger partial charge < -0.3 is 59.5 Å². The van der Waals surface area contributed by atoms with Crippen LogP contribution in [0, 0.1) is 40.9 Å². The molecule has 6 heterocycles. The Bertz CT molecular complexity index is 3400. The molecule has 25 heteroatoms. The van der Waals surface area contributed by atoms with Gasteiger partial charge in [0.15, 0.2) is 11.7 Å². The molecule has 0 spiro atoms. The Morgan fingerprint density at radius 2 is 1.20 bits per heavy atom. The van der Waals surface area contributed by atoms with Crippen molar-refractivity contribution in [3.63, 3.8) is 0 Å². The quantitative estimate of drug-likeness (QED) is 0.0230. The highest BCUT2D eigenvalue weighted by Gasteiger charge is 2.34. The van der Waals surface area contributed by atoms with E-state index in [0.717, 1.165) is 27.4 Å². The number of carboxylic acids is 1. The normalized spacial score (nSPS) is 18.8. The van der Waals surface area contributed by atoms with E-state index in [9.17, 15) is 47.9 Å². The summed E-state index contributed by atoms with van der Waals surface area (Å²) in [7, 11) is 0. The number of nitrogens with one attached hydrogen (secondary N) is 6. The number of amides is 4. The van der Waals surface area contributed by atoms with Crippen LogP contribution in [0.4, 0.5) is 5.69 Å². The Hall–Kier alpha value is -9.60. The van der Waals surface area contributed by atoms with E-state index in [2.05, 4.69) is 43.7 Å². The Balaban J connectivity index is 0.000000202. The van der Waals surface area contributed by atoms with Crippen LogP contribution in [0.25, 0.3) is 21.9 Å². The fraction of sp³-hybridized carbons (Fsp3) is 0.460. The zero-order valence-corrected chi connectivity index (χ0v) is 51.2. The number of H-pyrrole nitrogens is 1. The number of hydrazone groups is 1. The van der Waals surface area contributed by atoms with Crippen LogP contribution in [0.15, 0.2) is 70.2 Å². The first-order valence-corrected chi connectivity index (χ1v) is 29.2. The van der Waals surface area contributed by atoms with Crippen LogP contribution in [0.5, 0.6) is 0 Å². The Morgan fingerprint density at radius 1 is 0.659 bits per heavy atom. The molecule has 2 aromatic heterocycles. The molecule has 7 N–H and O–H groups in total. The number of aromatic amines is 1. The molecule has 472 valence electrons. The largest absolute Gasteiger partial charge is 0.478 e. The fourth-order valence-corrected chi connectivity index (χ4v) is 9.62. The zero-order valence-electron chi connectivity index (χ0n) is 51.2. The van der Waals surface area contributed by atoms with Gasteiger partial charge in [-0.1, -0.05) is 27.7 Å². The number of hydrogen-bond donors (Lipinski definition) is 7. The highest BCUT2D eigenvalue weighted by atomic mass is 16.6. The SMILES string of the molecule is CC1CNC(=O)c2[nH]c3ccc(C(=O)O)cc3c21.CCOC(=O)C(CC(C)C#N)C(=O)OCC.CCOC(=O)C1CC(C)CNC1=O.CCOC(=O)c1ccc(N/N=C2\CC(C)CNC2=O)cc1.CCOC(=O)c1ccc2oc3c(c2c1)C(C)CNC3=O. The standard InChI is InChI=1S/C15H19N3O3.C15H15NO4.C13H12N2O3.C11H17NO4.C9H15NO3/c1-3-21-15(20)11-4-6-12(7-5-11)17-18-13-8-10(2)9-16-14(13)19;1-3-19-15(18)9-4-5-11-10(6-9)12-8(2)7-16-14(17)13(12)20-11;1-6-5-14-12(16)11-10(6)8-4-7(13(17)18)2-3-9(8)15-11;1-4-15-10(13)9(6-8(3)7-12)11(14)16-5-2;1-3-13-9(12)7-4-6(2)5-10-8(7)11/h4-7,10,17H,3,8-9H2,1-2H3,(H,16,19);4-6,8H,3,7H2,1-2H3,(H,16,17);2-4,6,15H,5H2,1H3,(H,14,16)(H,17,18);8-9H,4-6H2,1-3H3;6-7H,3-5H2,1-2H3,(H,10,11)/b18-13+;;;;. The maximum atomic E-state index is 11.8. The molecule has 25 nitrogen and oxygen atoms in total. The molecule has 5 aromatic rings. The fourth-order valence-electron chi connectivity index (χ4n) is 9.62. The van der Waals surface area contributed by atoms with Crippen molar-refractivity contribution >= 4 is 92.7 Å². The average Bonchev–Trinajstić information content (AvgIpc) is 3.17. The van der Waals surface area contributed by atoms with E-state index < -0.39 is 35.7 Å². The van der Waals surface area contributed by atoms with Crippen LogP contribution < -0.4 is 26.7 Å². The highest BCUT2D eigenvalue weighted by Crippen LogP contribution is 2.35. The molecule has 0 radical (unpaired) electrons. The minimum absolute atomic E-state index is 0.129. The summed E-state index contributed by atoms with van der Waals surface area (Å²) in [5, 5.41) is 34.5. The van der Waals surface area contributed by atoms with Crippen molar-refractivity contribution in [2.45, 2.75) is 100 Å². The molecule has 0 aliphatic carbocycles. The Kier molecular flexibility index (Phi) is 26.2. The van der Waals surface area contributed by atoms with Crippen molar-refractivity contribution < 1.29 is 81.2 Å². The summed E-state index contributed by atoms with van der Waals surface area (Å²) >= 11 is 0. The van der Waals surface area contributed by atoms with Gasteiger partial charge in [0, 0.05) is 72.2 Å². The van der Waals surface area contributed by atoms with Gasteiger partial charge in [0.2, 0.25) is 5.91 Å². The number of aromatic carboxylic acids is 1. The van der Waals surface area contributed by atoms with Crippen molar-refractivity contribution in [1.82, 2.24) is 26.3 Å². The number of piperidine rings is 2. The molecule has 4 aliphatic heterocycles. The smallest absolute Gasteiger partial charge is 0.338 e. The third-order valence-corrected chi connectivity index (χ3v) is 14.1. The highest BCUT2D eigenvalue weighted by molar-refractivity contribution is 6.39. The second-order valence-corrected chi connectivity index (χ2v) is 21.2. The average molecular weight is 1220 g/mol. The molecule has 88 heavy (non-hydrogen) atoms. The molecule has 4 aliphatic rings. The van der Waals surface area contributed by atoms with Crippen LogP contribution >= 0.6 is 0 Å². The number of rotatable bonds is 15. The summed E-state index contributed by atoms with van der Waals surface area (Å²) in [5.41, 5.74) is 8.98. The van der Waals surface area contributed by atoms with E-state index in [-0.39, 0.29) is 78.5 Å². The van der Waals surface area contributed by atoms with Gasteiger partial charge in [0.25, 0.3) is 17.7 Å². The molecular weight excluding hydrogens is 1140 g/mol. The number of anilines is 1. The lowest BCUT2D eigenvalue weighted by Gasteiger charge is -2.25. The van der Waals surface area contributed by atoms with Crippen LogP contribution in [0.3, 0.4) is 0 Å². The predicted octanol–water partition coefficient (Wildman–Crippen LogP) is 7.56. The van der Waals surface area contributed by atoms with E-state index in [0.29, 0.717) is 110 Å². The van der Waals surface area contributed by atoms with Crippen molar-refractivity contribution in [1.29, 1.82) is 5.26 Å². The number of furan rings is 1. The predicted molar refractivity (Wildman–Crippen MR) is 322 cm³/mol. The van der Waals surface area contributed by atoms with Gasteiger partial charge in [-0.3, -0.25) is 39.0 Å². The van der Waals surface area contributed by atoms with E-state index in [4.69, 9.17) is 38.5 Å². The number of nitrogens with zero attached hydrogens (tertiary/aromatic N) is 2. The Labute approximate surface area is 509 Å². The molecule has 2 saturated heterocycles. The van der Waals surface area contributed by atoms with Crippen LogP contribution in [0.1, 0.15) is 164 Å². The molecule has 6 atom stereocenters. The van der Waals surface area contributed by atoms with E-state index >= 15 is 0 Å². The molecule has 6 unspecified atom stereocenters. The number of carbonyl (C=O) groups is 10. The maximum Gasteiger partial charge on any atom is 0.338 e. The molecule has 3 aromatic carbocycles. The second-order valence-electron chi connectivity index (χ2n) is 21.2. The number of ether oxygens (including phenoxy) is 5. The third kappa shape index (κ3) is 18.7. The topological polar surface area (TPSA) is 362 Å². The zero-order chi connectivity index (χ0) is 64.8. The van der Waals surface area contributed by atoms with Crippen LogP contribution in [-0.4, -0.2) is 134 Å². The molecular formula is C63H78N8O17. The number of aromatic nitrogens is 1. The summed E-state index contributed by atoms with van der Waals surface area (Å²) in [6, 6.07) is 18.7. The van der Waals surface area contributed by atoms with Crippen molar-refractivity contribution in [3.05, 3.63) is 99.9 Å². The summed E-state index contributed by atoms with van der Waals surface area (Å²) in [4.78, 5) is 118. The van der Waals surface area contributed by atoms with Gasteiger partial charge in [0.05, 0.1) is 61.5 Å². The summed E-state index contributed by atoms with van der Waals surface area (Å²) in [6.45, 7) is 22.2. The number of nitriles is 1. The third-order valence-electron chi connectivity index (χ3n) is 14.1. The first-order valence-electron chi connectivity index (χ1n) is 29.2. The van der Waals surface area contributed by atoms with Crippen LogP contribution in [0.2, 0.25) is 0 Å². The second kappa shape index (κ2) is 33.3. The van der Waals surface area contributed by atoms with Crippen LogP contribution in [-0.2, 0) is 47.7 Å².